The van der Waals surface area contributed by atoms with Gasteiger partial charge in [-0.25, -0.2) is 0 Å². The summed E-state index contributed by atoms with van der Waals surface area (Å²) in [7, 11) is 0. The number of nitrogens with zero attached hydrogens (tertiary/aromatic N) is 2. The van der Waals surface area contributed by atoms with Crippen molar-refractivity contribution < 1.29 is 9.90 Å². The fourth-order valence-corrected chi connectivity index (χ4v) is 2.83. The summed E-state index contributed by atoms with van der Waals surface area (Å²) >= 11 is 6.36. The maximum atomic E-state index is 12.2. The summed E-state index contributed by atoms with van der Waals surface area (Å²) in [6.07, 6.45) is 3.08. The van der Waals surface area contributed by atoms with E-state index in [0.717, 1.165) is 23.4 Å². The van der Waals surface area contributed by atoms with Crippen molar-refractivity contribution in [2.75, 3.05) is 6.61 Å². The lowest BCUT2D eigenvalue weighted by Gasteiger charge is -2.15. The molecule has 1 aromatic carbocycles. The van der Waals surface area contributed by atoms with Crippen LogP contribution in [0.1, 0.15) is 36.7 Å². The van der Waals surface area contributed by atoms with Crippen LogP contribution in [-0.4, -0.2) is 27.4 Å². The molecule has 25 heavy (non-hydrogen) atoms. The molecule has 134 valence electrons. The zero-order valence-corrected chi connectivity index (χ0v) is 15.5. The molecule has 0 aliphatic heterocycles. The van der Waals surface area contributed by atoms with Crippen LogP contribution in [0.3, 0.4) is 0 Å². The molecule has 5 nitrogen and oxygen atoms in total. The Morgan fingerprint density at radius 3 is 2.64 bits per heavy atom. The third-order valence-electron chi connectivity index (χ3n) is 3.75. The van der Waals surface area contributed by atoms with E-state index < -0.39 is 6.04 Å². The van der Waals surface area contributed by atoms with Gasteiger partial charge in [0.05, 0.1) is 18.3 Å². The second-order valence-electron chi connectivity index (χ2n) is 6.35. The van der Waals surface area contributed by atoms with Crippen molar-refractivity contribution in [2.45, 2.75) is 33.4 Å². The van der Waals surface area contributed by atoms with E-state index in [9.17, 15) is 9.90 Å². The van der Waals surface area contributed by atoms with Gasteiger partial charge >= 0.3 is 0 Å². The number of hydrogen-bond donors (Lipinski definition) is 2. The number of aryl methyl sites for hydroxylation is 1. The molecule has 2 rings (SSSR count). The first kappa shape index (κ1) is 19.2. The number of benzene rings is 1. The minimum atomic E-state index is -0.446. The minimum absolute atomic E-state index is 0.171. The number of nitrogens with one attached hydrogen (secondary N) is 1. The number of carbonyl (C=O) groups excluding carboxylic acids is 1. The first-order chi connectivity index (χ1) is 11.9. The Morgan fingerprint density at radius 1 is 1.36 bits per heavy atom. The third-order valence-corrected chi connectivity index (χ3v) is 4.15. The minimum Gasteiger partial charge on any atom is -0.394 e. The van der Waals surface area contributed by atoms with Crippen LogP contribution in [0.25, 0.3) is 6.08 Å². The van der Waals surface area contributed by atoms with Crippen LogP contribution >= 0.6 is 11.6 Å². The Kier molecular flexibility index (Phi) is 6.79. The van der Waals surface area contributed by atoms with Gasteiger partial charge < -0.3 is 10.4 Å². The number of carbonyl (C=O) groups is 1. The van der Waals surface area contributed by atoms with Gasteiger partial charge in [-0.15, -0.1) is 0 Å². The fourth-order valence-electron chi connectivity index (χ4n) is 2.52. The van der Waals surface area contributed by atoms with Crippen molar-refractivity contribution in [2.24, 2.45) is 5.92 Å². The molecule has 6 heteroatoms. The van der Waals surface area contributed by atoms with Crippen LogP contribution in [0, 0.1) is 12.8 Å². The Hall–Kier alpha value is -2.11. The molecule has 1 atom stereocenters. The summed E-state index contributed by atoms with van der Waals surface area (Å²) in [6, 6.07) is 8.90. The van der Waals surface area contributed by atoms with Crippen molar-refractivity contribution >= 4 is 23.6 Å². The van der Waals surface area contributed by atoms with E-state index in [0.29, 0.717) is 11.1 Å². The summed E-state index contributed by atoms with van der Waals surface area (Å²) in [5.41, 5.74) is 2.36. The molecular formula is C19H24ClN3O2. The highest BCUT2D eigenvalue weighted by molar-refractivity contribution is 6.31. The van der Waals surface area contributed by atoms with Gasteiger partial charge in [0.15, 0.2) is 0 Å². The first-order valence-electron chi connectivity index (χ1n) is 8.29. The highest BCUT2D eigenvalue weighted by Gasteiger charge is 2.14. The van der Waals surface area contributed by atoms with Gasteiger partial charge in [-0.2, -0.15) is 5.10 Å². The highest BCUT2D eigenvalue weighted by atomic mass is 35.5. The van der Waals surface area contributed by atoms with E-state index in [-0.39, 0.29) is 12.5 Å². The maximum absolute atomic E-state index is 12.2. The molecule has 2 N–H and O–H groups in total. The average molecular weight is 362 g/mol. The molecule has 0 radical (unpaired) electrons. The molecule has 0 fully saturated rings. The molecule has 0 unspecified atom stereocenters. The average Bonchev–Trinajstić information content (AvgIpc) is 2.84. The molecule has 1 amide bonds. The number of halogens is 1. The number of aromatic nitrogens is 2. The Morgan fingerprint density at radius 2 is 2.04 bits per heavy atom. The number of aliphatic hydroxyl groups is 1. The quantitative estimate of drug-likeness (QED) is 0.743. The summed E-state index contributed by atoms with van der Waals surface area (Å²) < 4.78 is 1.75. The Balaban J connectivity index is 2.08. The smallest absolute Gasteiger partial charge is 0.244 e. The van der Waals surface area contributed by atoms with Crippen LogP contribution in [0.2, 0.25) is 5.15 Å². The molecular weight excluding hydrogens is 338 g/mol. The van der Waals surface area contributed by atoms with E-state index in [2.05, 4.69) is 24.3 Å². The van der Waals surface area contributed by atoms with Crippen molar-refractivity contribution in [3.63, 3.8) is 0 Å². The standard InChI is InChI=1S/C19H24ClN3O2/c1-13(2)11-23-19(20)16(14(3)22-23)9-10-18(25)21-17(12-24)15-7-5-4-6-8-15/h4-10,13,17,24H,11-12H2,1-3H3,(H,21,25)/t17-/m0/s1. The SMILES string of the molecule is Cc1nn(CC(C)C)c(Cl)c1C=CC(=O)N[C@@H](CO)c1ccccc1. The molecule has 0 aliphatic rings. The topological polar surface area (TPSA) is 67.2 Å². The monoisotopic (exact) mass is 361 g/mol. The number of aliphatic hydroxyl groups excluding tert-OH is 1. The fraction of sp³-hybridized carbons (Fsp3) is 0.368. The zero-order valence-electron chi connectivity index (χ0n) is 14.7. The van der Waals surface area contributed by atoms with E-state index in [4.69, 9.17) is 11.6 Å². The van der Waals surface area contributed by atoms with E-state index in [1.54, 1.807) is 10.8 Å². The van der Waals surface area contributed by atoms with Gasteiger partial charge in [0, 0.05) is 18.2 Å². The largest absolute Gasteiger partial charge is 0.394 e. The Bertz CT molecular complexity index is 739. The predicted molar refractivity (Wildman–Crippen MR) is 100 cm³/mol. The molecule has 0 bridgehead atoms. The van der Waals surface area contributed by atoms with Crippen molar-refractivity contribution in [1.82, 2.24) is 15.1 Å². The third kappa shape index (κ3) is 5.18. The first-order valence-corrected chi connectivity index (χ1v) is 8.67. The molecule has 2 aromatic rings. The van der Waals surface area contributed by atoms with Crippen LogP contribution in [-0.2, 0) is 11.3 Å². The molecule has 0 saturated carbocycles. The Labute approximate surface area is 153 Å². The maximum Gasteiger partial charge on any atom is 0.244 e. The van der Waals surface area contributed by atoms with E-state index in [1.807, 2.05) is 37.3 Å². The van der Waals surface area contributed by atoms with Crippen molar-refractivity contribution in [1.29, 1.82) is 0 Å². The lowest BCUT2D eigenvalue weighted by Crippen LogP contribution is -2.29. The lowest BCUT2D eigenvalue weighted by atomic mass is 10.1. The number of rotatable bonds is 7. The zero-order chi connectivity index (χ0) is 18.4. The van der Waals surface area contributed by atoms with Gasteiger partial charge in [0.25, 0.3) is 0 Å². The highest BCUT2D eigenvalue weighted by Crippen LogP contribution is 2.22. The van der Waals surface area contributed by atoms with E-state index >= 15 is 0 Å². The second kappa shape index (κ2) is 8.83. The number of hydrogen-bond acceptors (Lipinski definition) is 3. The van der Waals surface area contributed by atoms with Gasteiger partial charge in [0.2, 0.25) is 5.91 Å². The summed E-state index contributed by atoms with van der Waals surface area (Å²) in [5, 5.41) is 17.2. The molecule has 0 saturated heterocycles. The molecule has 1 aromatic heterocycles. The van der Waals surface area contributed by atoms with Crippen LogP contribution < -0.4 is 5.32 Å². The van der Waals surface area contributed by atoms with Crippen molar-refractivity contribution in [3.05, 3.63) is 58.4 Å². The molecule has 1 heterocycles. The van der Waals surface area contributed by atoms with Gasteiger partial charge in [0.1, 0.15) is 5.15 Å². The van der Waals surface area contributed by atoms with Gasteiger partial charge in [-0.3, -0.25) is 9.48 Å². The van der Waals surface area contributed by atoms with E-state index in [1.165, 1.54) is 6.08 Å². The van der Waals surface area contributed by atoms with Crippen LogP contribution in [0.15, 0.2) is 36.4 Å². The molecule has 0 aliphatic carbocycles. The normalized spacial score (nSPS) is 12.7. The van der Waals surface area contributed by atoms with Crippen LogP contribution in [0.4, 0.5) is 0 Å². The lowest BCUT2D eigenvalue weighted by molar-refractivity contribution is -0.117. The number of amides is 1. The van der Waals surface area contributed by atoms with Crippen molar-refractivity contribution in [3.8, 4) is 0 Å². The van der Waals surface area contributed by atoms with Gasteiger partial charge in [-0.1, -0.05) is 55.8 Å². The summed E-state index contributed by atoms with van der Waals surface area (Å²) in [4.78, 5) is 12.2. The second-order valence-corrected chi connectivity index (χ2v) is 6.71. The summed E-state index contributed by atoms with van der Waals surface area (Å²) in [6.45, 7) is 6.60. The summed E-state index contributed by atoms with van der Waals surface area (Å²) in [5.74, 6) is 0.128. The van der Waals surface area contributed by atoms with Crippen LogP contribution in [0.5, 0.6) is 0 Å². The predicted octanol–water partition coefficient (Wildman–Crippen LogP) is 3.36. The van der Waals surface area contributed by atoms with Gasteiger partial charge in [-0.05, 0) is 24.5 Å². The molecule has 0 spiro atoms.